The monoisotopic (exact) mass is 349 g/mol. The average Bonchev–Trinajstić information content (AvgIpc) is 2.97. The summed E-state index contributed by atoms with van der Waals surface area (Å²) in [5.41, 5.74) is 0.870. The normalized spacial score (nSPS) is 26.1. The molecular weight excluding hydrogens is 326 g/mol. The van der Waals surface area contributed by atoms with Gasteiger partial charge in [0.05, 0.1) is 22.5 Å². The molecular formula is C16H23N5O2S. The van der Waals surface area contributed by atoms with Crippen LogP contribution in [0.1, 0.15) is 12.8 Å². The van der Waals surface area contributed by atoms with Crippen LogP contribution in [0.2, 0.25) is 0 Å². The fraction of sp³-hybridized carbons (Fsp3) is 0.625. The number of hydrogen-bond donors (Lipinski definition) is 1. The molecule has 3 heterocycles. The van der Waals surface area contributed by atoms with Crippen LogP contribution < -0.4 is 4.90 Å². The molecule has 1 atom stereocenters. The first-order valence-electron chi connectivity index (χ1n) is 8.33. The fourth-order valence-electron chi connectivity index (χ4n) is 3.49. The second kappa shape index (κ2) is 6.42. The molecule has 24 heavy (non-hydrogen) atoms. The Balaban J connectivity index is 1.31. The SMILES string of the molecule is COC1CN(S(=O)CC2CC(N(C)c3ncnc4[nH]ccc34)C2)C1. The van der Waals surface area contributed by atoms with Crippen molar-refractivity contribution in [3.63, 3.8) is 0 Å². The minimum atomic E-state index is -0.863. The summed E-state index contributed by atoms with van der Waals surface area (Å²) in [6, 6.07) is 2.48. The number of H-pyrrole nitrogens is 1. The standard InChI is InChI=1S/C16H23N5O2S/c1-20(16-14-3-4-17-15(14)18-10-19-16)12-5-11(6-12)9-24(22)21-7-13(8-21)23-2/h3-4,10-13H,5-9H2,1-2H3,(H,17,18,19). The van der Waals surface area contributed by atoms with Crippen molar-refractivity contribution in [3.05, 3.63) is 18.6 Å². The number of nitrogens with one attached hydrogen (secondary N) is 1. The first-order chi connectivity index (χ1) is 11.7. The molecule has 8 heteroatoms. The van der Waals surface area contributed by atoms with E-state index >= 15 is 0 Å². The predicted octanol–water partition coefficient (Wildman–Crippen LogP) is 1.17. The van der Waals surface area contributed by atoms with Crippen LogP contribution in [-0.2, 0) is 15.7 Å². The van der Waals surface area contributed by atoms with Crippen LogP contribution in [0.15, 0.2) is 18.6 Å². The summed E-state index contributed by atoms with van der Waals surface area (Å²) in [4.78, 5) is 14.1. The molecule has 4 rings (SSSR count). The van der Waals surface area contributed by atoms with Gasteiger partial charge in [-0.15, -0.1) is 0 Å². The Morgan fingerprint density at radius 1 is 1.42 bits per heavy atom. The Kier molecular flexibility index (Phi) is 4.28. The van der Waals surface area contributed by atoms with E-state index in [4.69, 9.17) is 4.74 Å². The number of ether oxygens (including phenoxy) is 1. The maximum Gasteiger partial charge on any atom is 0.142 e. The van der Waals surface area contributed by atoms with Crippen molar-refractivity contribution in [1.29, 1.82) is 0 Å². The summed E-state index contributed by atoms with van der Waals surface area (Å²) in [5, 5.41) is 1.05. The van der Waals surface area contributed by atoms with Crippen molar-refractivity contribution in [2.24, 2.45) is 5.92 Å². The van der Waals surface area contributed by atoms with Gasteiger partial charge in [0.1, 0.15) is 17.8 Å². The Labute approximate surface area is 144 Å². The quantitative estimate of drug-likeness (QED) is 0.847. The van der Waals surface area contributed by atoms with Crippen molar-refractivity contribution < 1.29 is 8.95 Å². The zero-order valence-corrected chi connectivity index (χ0v) is 14.8. The summed E-state index contributed by atoms with van der Waals surface area (Å²) in [6.45, 7) is 1.59. The van der Waals surface area contributed by atoms with Crippen LogP contribution in [0, 0.1) is 5.92 Å². The number of anilines is 1. The number of nitrogens with zero attached hydrogens (tertiary/aromatic N) is 4. The molecule has 0 aromatic carbocycles. The van der Waals surface area contributed by atoms with E-state index < -0.39 is 11.0 Å². The smallest absolute Gasteiger partial charge is 0.142 e. The van der Waals surface area contributed by atoms with Crippen LogP contribution in [0.3, 0.4) is 0 Å². The molecule has 0 radical (unpaired) electrons. The number of methoxy groups -OCH3 is 1. The van der Waals surface area contributed by atoms with Gasteiger partial charge in [-0.2, -0.15) is 0 Å². The number of hydrogen-bond acceptors (Lipinski definition) is 5. The molecule has 2 fully saturated rings. The first-order valence-corrected chi connectivity index (χ1v) is 9.60. The minimum absolute atomic E-state index is 0.260. The molecule has 2 aliphatic rings. The van der Waals surface area contributed by atoms with E-state index in [1.807, 2.05) is 16.6 Å². The van der Waals surface area contributed by atoms with Gasteiger partial charge in [0.15, 0.2) is 0 Å². The first kappa shape index (κ1) is 16.0. The zero-order chi connectivity index (χ0) is 16.7. The Morgan fingerprint density at radius 3 is 2.96 bits per heavy atom. The van der Waals surface area contributed by atoms with E-state index in [2.05, 4.69) is 26.9 Å². The summed E-state index contributed by atoms with van der Waals surface area (Å²) in [6.07, 6.45) is 5.89. The third-order valence-electron chi connectivity index (χ3n) is 5.24. The summed E-state index contributed by atoms with van der Waals surface area (Å²) in [5.74, 6) is 2.27. The molecule has 1 saturated carbocycles. The molecule has 0 spiro atoms. The van der Waals surface area contributed by atoms with Crippen LogP contribution in [-0.4, -0.2) is 68.6 Å². The molecule has 1 aliphatic heterocycles. The lowest BCUT2D eigenvalue weighted by atomic mass is 9.81. The van der Waals surface area contributed by atoms with Gasteiger partial charge in [-0.25, -0.2) is 18.5 Å². The van der Waals surface area contributed by atoms with Crippen molar-refractivity contribution in [3.8, 4) is 0 Å². The van der Waals surface area contributed by atoms with Gasteiger partial charge in [-0.1, -0.05) is 0 Å². The predicted molar refractivity (Wildman–Crippen MR) is 94.2 cm³/mol. The highest BCUT2D eigenvalue weighted by Crippen LogP contribution is 2.36. The average molecular weight is 349 g/mol. The van der Waals surface area contributed by atoms with Gasteiger partial charge < -0.3 is 14.6 Å². The lowest BCUT2D eigenvalue weighted by Gasteiger charge is -2.43. The van der Waals surface area contributed by atoms with Gasteiger partial charge in [-0.3, -0.25) is 0 Å². The van der Waals surface area contributed by atoms with Crippen LogP contribution in [0.4, 0.5) is 5.82 Å². The Morgan fingerprint density at radius 2 is 2.21 bits per heavy atom. The minimum Gasteiger partial charge on any atom is -0.379 e. The molecule has 1 aliphatic carbocycles. The molecule has 1 saturated heterocycles. The lowest BCUT2D eigenvalue weighted by Crippen LogP contribution is -2.54. The van der Waals surface area contributed by atoms with Crippen molar-refractivity contribution in [2.75, 3.05) is 37.9 Å². The van der Waals surface area contributed by atoms with E-state index in [1.165, 1.54) is 0 Å². The highest BCUT2D eigenvalue weighted by molar-refractivity contribution is 7.82. The second-order valence-electron chi connectivity index (χ2n) is 6.73. The van der Waals surface area contributed by atoms with Crippen LogP contribution in [0.5, 0.6) is 0 Å². The van der Waals surface area contributed by atoms with Gasteiger partial charge in [0, 0.05) is 45.2 Å². The summed E-state index contributed by atoms with van der Waals surface area (Å²) in [7, 11) is 2.94. The lowest BCUT2D eigenvalue weighted by molar-refractivity contribution is 0.0146. The largest absolute Gasteiger partial charge is 0.379 e. The van der Waals surface area contributed by atoms with Crippen molar-refractivity contribution >= 4 is 27.8 Å². The van der Waals surface area contributed by atoms with E-state index in [0.717, 1.165) is 48.5 Å². The number of aromatic nitrogens is 3. The van der Waals surface area contributed by atoms with Crippen LogP contribution in [0.25, 0.3) is 11.0 Å². The van der Waals surface area contributed by atoms with E-state index in [0.29, 0.717) is 12.0 Å². The molecule has 1 N–H and O–H groups in total. The maximum atomic E-state index is 12.3. The molecule has 7 nitrogen and oxygen atoms in total. The van der Waals surface area contributed by atoms with Crippen LogP contribution >= 0.6 is 0 Å². The highest BCUT2D eigenvalue weighted by Gasteiger charge is 2.37. The zero-order valence-electron chi connectivity index (χ0n) is 14.0. The van der Waals surface area contributed by atoms with Gasteiger partial charge in [0.2, 0.25) is 0 Å². The third-order valence-corrected chi connectivity index (χ3v) is 6.87. The third kappa shape index (κ3) is 2.82. The summed E-state index contributed by atoms with van der Waals surface area (Å²) < 4.78 is 19.6. The van der Waals surface area contributed by atoms with E-state index in [1.54, 1.807) is 13.4 Å². The van der Waals surface area contributed by atoms with E-state index in [9.17, 15) is 4.21 Å². The second-order valence-corrected chi connectivity index (χ2v) is 8.22. The Bertz CT molecular complexity index is 739. The number of aromatic amines is 1. The molecule has 1 unspecified atom stereocenters. The highest BCUT2D eigenvalue weighted by atomic mass is 32.2. The topological polar surface area (TPSA) is 74.3 Å². The van der Waals surface area contributed by atoms with Crippen molar-refractivity contribution in [1.82, 2.24) is 19.3 Å². The van der Waals surface area contributed by atoms with Gasteiger partial charge in [0.25, 0.3) is 0 Å². The fourth-order valence-corrected chi connectivity index (χ4v) is 5.04. The van der Waals surface area contributed by atoms with Crippen molar-refractivity contribution in [2.45, 2.75) is 25.0 Å². The summed E-state index contributed by atoms with van der Waals surface area (Å²) >= 11 is 0. The molecule has 2 aromatic heterocycles. The Hall–Kier alpha value is -1.51. The number of fused-ring (bicyclic) bond motifs is 1. The van der Waals surface area contributed by atoms with Gasteiger partial charge >= 0.3 is 0 Å². The molecule has 130 valence electrons. The number of rotatable bonds is 6. The molecule has 0 amide bonds. The van der Waals surface area contributed by atoms with Gasteiger partial charge in [-0.05, 0) is 24.8 Å². The maximum absolute atomic E-state index is 12.3. The molecule has 0 bridgehead atoms. The molecule has 2 aromatic rings. The van der Waals surface area contributed by atoms with E-state index in [-0.39, 0.29) is 6.10 Å².